The summed E-state index contributed by atoms with van der Waals surface area (Å²) in [6.07, 6.45) is 1.52. The highest BCUT2D eigenvalue weighted by molar-refractivity contribution is 6.40. The van der Waals surface area contributed by atoms with Gasteiger partial charge < -0.3 is 0 Å². The van der Waals surface area contributed by atoms with Gasteiger partial charge in [0.2, 0.25) is 0 Å². The largest absolute Gasteiger partial charge is 0.242 e. The zero-order chi connectivity index (χ0) is 9.42. The van der Waals surface area contributed by atoms with Gasteiger partial charge in [-0.25, -0.2) is 4.98 Å². The van der Waals surface area contributed by atoms with E-state index in [1.807, 2.05) is 0 Å². The van der Waals surface area contributed by atoms with Gasteiger partial charge in [-0.1, -0.05) is 34.8 Å². The average molecular weight is 232 g/mol. The van der Waals surface area contributed by atoms with Gasteiger partial charge in [0.1, 0.15) is 5.15 Å². The maximum Gasteiger partial charge on any atom is 0.136 e. The zero-order valence-electron chi connectivity index (χ0n) is 6.39. The van der Waals surface area contributed by atoms with Crippen LogP contribution in [0.4, 0.5) is 0 Å². The maximum absolute atomic E-state index is 5.92. The highest BCUT2D eigenvalue weighted by Gasteiger charge is 2.04. The standard InChI is InChI=1S/C9H4Cl3N/c10-5-1-2-6-7(3-5)8(11)4-13-9(6)12/h1-4H. The second kappa shape index (κ2) is 3.33. The second-order valence-corrected chi connectivity index (χ2v) is 3.79. The Hall–Kier alpha value is -0.500. The van der Waals surface area contributed by atoms with Gasteiger partial charge in [0.25, 0.3) is 0 Å². The van der Waals surface area contributed by atoms with Crippen LogP contribution in [-0.2, 0) is 0 Å². The molecule has 2 rings (SSSR count). The lowest BCUT2D eigenvalue weighted by Gasteiger charge is -2.01. The van der Waals surface area contributed by atoms with Crippen LogP contribution >= 0.6 is 34.8 Å². The SMILES string of the molecule is Clc1ccc2c(Cl)ncc(Cl)c2c1. The third-order valence-corrected chi connectivity index (χ3v) is 2.59. The third kappa shape index (κ3) is 1.60. The van der Waals surface area contributed by atoms with Gasteiger partial charge in [0.05, 0.1) is 5.02 Å². The molecule has 66 valence electrons. The van der Waals surface area contributed by atoms with Crippen molar-refractivity contribution in [3.63, 3.8) is 0 Å². The molecule has 0 N–H and O–H groups in total. The van der Waals surface area contributed by atoms with Gasteiger partial charge in [-0.2, -0.15) is 0 Å². The quantitative estimate of drug-likeness (QED) is 0.621. The number of fused-ring (bicyclic) bond motifs is 1. The fraction of sp³-hybridized carbons (Fsp3) is 0. The van der Waals surface area contributed by atoms with E-state index in [1.54, 1.807) is 18.2 Å². The Morgan fingerprint density at radius 1 is 1.00 bits per heavy atom. The van der Waals surface area contributed by atoms with Crippen LogP contribution in [-0.4, -0.2) is 4.98 Å². The van der Waals surface area contributed by atoms with Crippen molar-refractivity contribution < 1.29 is 0 Å². The first-order chi connectivity index (χ1) is 6.18. The lowest BCUT2D eigenvalue weighted by molar-refractivity contribution is 1.36. The van der Waals surface area contributed by atoms with E-state index >= 15 is 0 Å². The molecule has 1 aromatic carbocycles. The molecule has 0 unspecified atom stereocenters. The lowest BCUT2D eigenvalue weighted by atomic mass is 10.2. The van der Waals surface area contributed by atoms with Crippen LogP contribution in [0.15, 0.2) is 24.4 Å². The Morgan fingerprint density at radius 2 is 1.77 bits per heavy atom. The smallest absolute Gasteiger partial charge is 0.136 e. The summed E-state index contributed by atoms with van der Waals surface area (Å²) in [5.41, 5.74) is 0. The van der Waals surface area contributed by atoms with Crippen LogP contribution in [0.2, 0.25) is 15.2 Å². The summed E-state index contributed by atoms with van der Waals surface area (Å²) in [6, 6.07) is 5.33. The first-order valence-corrected chi connectivity index (χ1v) is 4.71. The molecule has 0 aliphatic heterocycles. The van der Waals surface area contributed by atoms with E-state index in [0.717, 1.165) is 10.8 Å². The molecule has 0 fully saturated rings. The molecule has 0 amide bonds. The highest BCUT2D eigenvalue weighted by Crippen LogP contribution is 2.29. The normalized spacial score (nSPS) is 10.7. The molecule has 0 atom stereocenters. The Kier molecular flexibility index (Phi) is 2.33. The first kappa shape index (κ1) is 9.07. The van der Waals surface area contributed by atoms with Crippen molar-refractivity contribution in [3.05, 3.63) is 39.6 Å². The van der Waals surface area contributed by atoms with Gasteiger partial charge in [-0.3, -0.25) is 0 Å². The third-order valence-electron chi connectivity index (χ3n) is 1.75. The predicted molar refractivity (Wildman–Crippen MR) is 56.8 cm³/mol. The number of nitrogens with zero attached hydrogens (tertiary/aromatic N) is 1. The number of pyridine rings is 1. The van der Waals surface area contributed by atoms with Gasteiger partial charge in [-0.15, -0.1) is 0 Å². The first-order valence-electron chi connectivity index (χ1n) is 3.58. The van der Waals surface area contributed by atoms with Crippen LogP contribution in [0.3, 0.4) is 0 Å². The average Bonchev–Trinajstić information content (AvgIpc) is 2.12. The molecular formula is C9H4Cl3N. The molecule has 0 saturated heterocycles. The molecule has 1 heterocycles. The number of rotatable bonds is 0. The molecule has 0 aliphatic carbocycles. The molecule has 0 spiro atoms. The number of hydrogen-bond acceptors (Lipinski definition) is 1. The van der Waals surface area contributed by atoms with Crippen molar-refractivity contribution in [1.29, 1.82) is 0 Å². The Bertz CT molecular complexity index is 468. The zero-order valence-corrected chi connectivity index (χ0v) is 8.66. The molecule has 0 aliphatic rings. The Morgan fingerprint density at radius 3 is 2.54 bits per heavy atom. The van der Waals surface area contributed by atoms with E-state index in [4.69, 9.17) is 34.8 Å². The Balaban J connectivity index is 2.92. The minimum absolute atomic E-state index is 0.441. The fourth-order valence-electron chi connectivity index (χ4n) is 1.15. The van der Waals surface area contributed by atoms with Gasteiger partial charge in [0.15, 0.2) is 0 Å². The topological polar surface area (TPSA) is 12.9 Å². The van der Waals surface area contributed by atoms with E-state index in [9.17, 15) is 0 Å². The van der Waals surface area contributed by atoms with E-state index in [1.165, 1.54) is 6.20 Å². The Labute approximate surface area is 90.2 Å². The van der Waals surface area contributed by atoms with E-state index in [0.29, 0.717) is 15.2 Å². The van der Waals surface area contributed by atoms with E-state index in [-0.39, 0.29) is 0 Å². The minimum Gasteiger partial charge on any atom is -0.242 e. The molecule has 0 radical (unpaired) electrons. The molecule has 0 saturated carbocycles. The highest BCUT2D eigenvalue weighted by atomic mass is 35.5. The molecular weight excluding hydrogens is 228 g/mol. The maximum atomic E-state index is 5.92. The number of benzene rings is 1. The minimum atomic E-state index is 0.441. The summed E-state index contributed by atoms with van der Waals surface area (Å²) in [6.45, 7) is 0. The lowest BCUT2D eigenvalue weighted by Crippen LogP contribution is -1.80. The van der Waals surface area contributed by atoms with Crippen LogP contribution < -0.4 is 0 Å². The summed E-state index contributed by atoms with van der Waals surface area (Å²) in [5, 5.41) is 3.28. The van der Waals surface area contributed by atoms with Gasteiger partial charge in [0, 0.05) is 22.0 Å². The summed E-state index contributed by atoms with van der Waals surface area (Å²) < 4.78 is 0. The van der Waals surface area contributed by atoms with Crippen molar-refractivity contribution >= 4 is 45.6 Å². The second-order valence-electron chi connectivity index (χ2n) is 2.59. The van der Waals surface area contributed by atoms with Crippen molar-refractivity contribution in [2.45, 2.75) is 0 Å². The van der Waals surface area contributed by atoms with Crippen LogP contribution in [0.1, 0.15) is 0 Å². The number of aromatic nitrogens is 1. The molecule has 2 aromatic rings. The molecule has 1 nitrogen and oxygen atoms in total. The van der Waals surface area contributed by atoms with Crippen LogP contribution in [0.25, 0.3) is 10.8 Å². The molecule has 1 aromatic heterocycles. The van der Waals surface area contributed by atoms with Crippen LogP contribution in [0, 0.1) is 0 Å². The summed E-state index contributed by atoms with van der Waals surface area (Å²) in [7, 11) is 0. The van der Waals surface area contributed by atoms with E-state index in [2.05, 4.69) is 4.98 Å². The van der Waals surface area contributed by atoms with Gasteiger partial charge >= 0.3 is 0 Å². The number of halogens is 3. The monoisotopic (exact) mass is 231 g/mol. The van der Waals surface area contributed by atoms with Crippen molar-refractivity contribution in [3.8, 4) is 0 Å². The fourth-order valence-corrected chi connectivity index (χ4v) is 1.74. The van der Waals surface area contributed by atoms with E-state index < -0.39 is 0 Å². The molecule has 4 heteroatoms. The number of hydrogen-bond donors (Lipinski definition) is 0. The molecule has 0 bridgehead atoms. The summed E-state index contributed by atoms with van der Waals surface area (Å²) >= 11 is 17.6. The summed E-state index contributed by atoms with van der Waals surface area (Å²) in [4.78, 5) is 3.93. The van der Waals surface area contributed by atoms with Crippen molar-refractivity contribution in [2.24, 2.45) is 0 Å². The van der Waals surface area contributed by atoms with Crippen molar-refractivity contribution in [2.75, 3.05) is 0 Å². The van der Waals surface area contributed by atoms with Crippen LogP contribution in [0.5, 0.6) is 0 Å². The van der Waals surface area contributed by atoms with Gasteiger partial charge in [-0.05, 0) is 18.2 Å². The summed E-state index contributed by atoms with van der Waals surface area (Å²) in [5.74, 6) is 0. The van der Waals surface area contributed by atoms with Crippen molar-refractivity contribution in [1.82, 2.24) is 4.98 Å². The predicted octanol–water partition coefficient (Wildman–Crippen LogP) is 4.20. The molecule has 13 heavy (non-hydrogen) atoms.